The summed E-state index contributed by atoms with van der Waals surface area (Å²) < 4.78 is 17.6. The molecule has 0 radical (unpaired) electrons. The summed E-state index contributed by atoms with van der Waals surface area (Å²) in [5.41, 5.74) is 1.80. The Bertz CT molecular complexity index is 998. The zero-order chi connectivity index (χ0) is 22.6. The van der Waals surface area contributed by atoms with E-state index < -0.39 is 24.4 Å². The van der Waals surface area contributed by atoms with Crippen molar-refractivity contribution < 1.29 is 18.8 Å². The van der Waals surface area contributed by atoms with Crippen molar-refractivity contribution in [3.8, 4) is 0 Å². The number of carbonyl (C=O) groups excluding carboxylic acids is 1. The molecule has 2 aromatic rings. The van der Waals surface area contributed by atoms with Crippen LogP contribution in [-0.4, -0.2) is 35.9 Å². The van der Waals surface area contributed by atoms with Crippen LogP contribution in [0.1, 0.15) is 44.4 Å². The molecule has 0 aliphatic carbocycles. The third-order valence-corrected chi connectivity index (χ3v) is 5.67. The number of aromatic nitrogens is 1. The van der Waals surface area contributed by atoms with Crippen LogP contribution in [0.25, 0.3) is 6.08 Å². The maximum atomic E-state index is 12.3. The summed E-state index contributed by atoms with van der Waals surface area (Å²) in [4.78, 5) is 26.6. The second-order valence-corrected chi connectivity index (χ2v) is 8.67. The van der Waals surface area contributed by atoms with E-state index in [1.165, 1.54) is 0 Å². The van der Waals surface area contributed by atoms with Crippen LogP contribution >= 0.6 is 0 Å². The summed E-state index contributed by atoms with van der Waals surface area (Å²) in [6.45, 7) is 9.97. The first kappa shape index (κ1) is 22.8. The van der Waals surface area contributed by atoms with E-state index in [9.17, 15) is 9.59 Å². The molecule has 2 N–H and O–H groups in total. The Hall–Kier alpha value is -2.84. The molecule has 1 saturated heterocycles. The Balaban J connectivity index is 1.74. The van der Waals surface area contributed by atoms with Crippen molar-refractivity contribution in [2.45, 2.75) is 52.4 Å². The Kier molecular flexibility index (Phi) is 6.72. The van der Waals surface area contributed by atoms with Crippen molar-refractivity contribution in [1.29, 1.82) is 0 Å². The lowest BCUT2D eigenvalue weighted by Crippen LogP contribution is -2.41. The number of ether oxygens (including phenoxy) is 1. The molecule has 1 aromatic heterocycles. The van der Waals surface area contributed by atoms with Gasteiger partial charge in [-0.15, -0.1) is 0 Å². The number of aryl methyl sites for hydroxylation is 1. The molecule has 0 spiro atoms. The van der Waals surface area contributed by atoms with Crippen LogP contribution in [0.2, 0.25) is 0 Å². The van der Waals surface area contributed by atoms with Crippen LogP contribution in [0.5, 0.6) is 0 Å². The molecule has 164 valence electrons. The van der Waals surface area contributed by atoms with E-state index in [1.54, 1.807) is 19.2 Å². The molecule has 0 saturated carbocycles. The van der Waals surface area contributed by atoms with Crippen molar-refractivity contribution >= 4 is 19.3 Å². The smallest absolute Gasteiger partial charge is 0.445 e. The van der Waals surface area contributed by atoms with Crippen LogP contribution in [0.3, 0.4) is 0 Å². The van der Waals surface area contributed by atoms with E-state index in [1.807, 2.05) is 64.1 Å². The summed E-state index contributed by atoms with van der Waals surface area (Å²) in [6, 6.07) is 11.2. The fourth-order valence-electron chi connectivity index (χ4n) is 3.06. The Labute approximate surface area is 182 Å². The Morgan fingerprint density at radius 3 is 2.42 bits per heavy atom. The van der Waals surface area contributed by atoms with Crippen LogP contribution < -0.4 is 10.9 Å². The monoisotopic (exact) mass is 424 g/mol. The third kappa shape index (κ3) is 5.65. The number of carbonyl (C=O) groups is 1. The summed E-state index contributed by atoms with van der Waals surface area (Å²) >= 11 is 0. The SMILES string of the molecule is Cc1cc(C=C(CNC(=O)OCc2ccccc2)B2OC(C)(C)C(C)(C)O2)c[nH]c1=O. The fraction of sp³-hybridized carbons (Fsp3) is 0.391. The predicted molar refractivity (Wildman–Crippen MR) is 120 cm³/mol. The standard InChI is InChI=1S/C23H29BN2O5/c1-16-11-18(13-25-20(16)27)12-19(24-30-22(2,3)23(4,5)31-24)14-26-21(28)29-15-17-9-7-6-8-10-17/h6-13H,14-15H2,1-5H3,(H,25,27)(H,26,28). The highest BCUT2D eigenvalue weighted by molar-refractivity contribution is 6.56. The zero-order valence-corrected chi connectivity index (χ0v) is 18.7. The number of hydrogen-bond acceptors (Lipinski definition) is 5. The first-order chi connectivity index (χ1) is 14.6. The molecule has 31 heavy (non-hydrogen) atoms. The highest BCUT2D eigenvalue weighted by Gasteiger charge is 2.52. The summed E-state index contributed by atoms with van der Waals surface area (Å²) in [6.07, 6.45) is 2.93. The maximum absolute atomic E-state index is 12.3. The average molecular weight is 424 g/mol. The van der Waals surface area contributed by atoms with E-state index in [4.69, 9.17) is 14.0 Å². The van der Waals surface area contributed by atoms with Gasteiger partial charge in [-0.2, -0.15) is 0 Å². The minimum Gasteiger partial charge on any atom is -0.445 e. The Morgan fingerprint density at radius 1 is 1.16 bits per heavy atom. The topological polar surface area (TPSA) is 89.7 Å². The quantitative estimate of drug-likeness (QED) is 0.692. The molecule has 1 amide bonds. The molecule has 1 aliphatic rings. The second kappa shape index (κ2) is 9.12. The molecular weight excluding hydrogens is 395 g/mol. The number of pyridine rings is 1. The van der Waals surface area contributed by atoms with Gasteiger partial charge in [0.25, 0.3) is 5.56 Å². The van der Waals surface area contributed by atoms with Crippen molar-refractivity contribution in [3.63, 3.8) is 0 Å². The molecule has 2 heterocycles. The van der Waals surface area contributed by atoms with Crippen molar-refractivity contribution in [2.24, 2.45) is 0 Å². The molecule has 3 rings (SSSR count). The lowest BCUT2D eigenvalue weighted by molar-refractivity contribution is 0.00578. The maximum Gasteiger partial charge on any atom is 0.492 e. The van der Waals surface area contributed by atoms with Gasteiger partial charge in [0, 0.05) is 18.3 Å². The number of nitrogens with one attached hydrogen (secondary N) is 2. The minimum atomic E-state index is -0.647. The van der Waals surface area contributed by atoms with E-state index in [0.29, 0.717) is 11.0 Å². The zero-order valence-electron chi connectivity index (χ0n) is 18.7. The average Bonchev–Trinajstić information content (AvgIpc) is 2.94. The van der Waals surface area contributed by atoms with E-state index in [-0.39, 0.29) is 18.7 Å². The third-order valence-electron chi connectivity index (χ3n) is 5.67. The van der Waals surface area contributed by atoms with Gasteiger partial charge in [-0.3, -0.25) is 4.79 Å². The lowest BCUT2D eigenvalue weighted by atomic mass is 9.77. The predicted octanol–water partition coefficient (Wildman–Crippen LogP) is 3.62. The van der Waals surface area contributed by atoms with Crippen LogP contribution in [0.4, 0.5) is 4.79 Å². The number of H-pyrrole nitrogens is 1. The van der Waals surface area contributed by atoms with E-state index in [2.05, 4.69) is 10.3 Å². The van der Waals surface area contributed by atoms with Gasteiger partial charge >= 0.3 is 13.2 Å². The first-order valence-electron chi connectivity index (χ1n) is 10.3. The molecule has 7 nitrogen and oxygen atoms in total. The molecule has 1 aliphatic heterocycles. The van der Waals surface area contributed by atoms with Crippen molar-refractivity contribution in [3.05, 3.63) is 75.1 Å². The van der Waals surface area contributed by atoms with Gasteiger partial charge in [0.05, 0.1) is 11.2 Å². The van der Waals surface area contributed by atoms with Gasteiger partial charge in [-0.25, -0.2) is 4.79 Å². The summed E-state index contributed by atoms with van der Waals surface area (Å²) in [5.74, 6) is 0. The molecular formula is C23H29BN2O5. The lowest BCUT2D eigenvalue weighted by Gasteiger charge is -2.32. The van der Waals surface area contributed by atoms with Crippen LogP contribution in [-0.2, 0) is 20.7 Å². The number of alkyl carbamates (subject to hydrolysis) is 1. The highest BCUT2D eigenvalue weighted by atomic mass is 16.7. The number of amides is 1. The van der Waals surface area contributed by atoms with Gasteiger partial charge in [0.15, 0.2) is 0 Å². The highest BCUT2D eigenvalue weighted by Crippen LogP contribution is 2.38. The van der Waals surface area contributed by atoms with Gasteiger partial charge in [-0.05, 0) is 57.3 Å². The number of rotatable bonds is 6. The Morgan fingerprint density at radius 2 is 1.81 bits per heavy atom. The van der Waals surface area contributed by atoms with Crippen LogP contribution in [0.15, 0.2) is 52.9 Å². The molecule has 0 bridgehead atoms. The van der Waals surface area contributed by atoms with Crippen molar-refractivity contribution in [2.75, 3.05) is 6.54 Å². The summed E-state index contributed by atoms with van der Waals surface area (Å²) in [5, 5.41) is 2.77. The fourth-order valence-corrected chi connectivity index (χ4v) is 3.06. The number of benzene rings is 1. The largest absolute Gasteiger partial charge is 0.492 e. The van der Waals surface area contributed by atoms with Crippen LogP contribution in [0, 0.1) is 6.92 Å². The van der Waals surface area contributed by atoms with Crippen molar-refractivity contribution in [1.82, 2.24) is 10.3 Å². The molecule has 0 atom stereocenters. The van der Waals surface area contributed by atoms with Gasteiger partial charge in [-0.1, -0.05) is 36.4 Å². The van der Waals surface area contributed by atoms with Gasteiger partial charge in [0.1, 0.15) is 6.61 Å². The molecule has 1 aromatic carbocycles. The number of aromatic amines is 1. The van der Waals surface area contributed by atoms with E-state index >= 15 is 0 Å². The second-order valence-electron chi connectivity index (χ2n) is 8.67. The molecule has 1 fully saturated rings. The van der Waals surface area contributed by atoms with Gasteiger partial charge in [0.2, 0.25) is 0 Å². The minimum absolute atomic E-state index is 0.142. The normalized spacial score (nSPS) is 17.5. The first-order valence-corrected chi connectivity index (χ1v) is 10.3. The molecule has 0 unspecified atom stereocenters. The molecule has 8 heteroatoms. The van der Waals surface area contributed by atoms with E-state index in [0.717, 1.165) is 11.1 Å². The number of hydrogen-bond donors (Lipinski definition) is 2. The summed E-state index contributed by atoms with van der Waals surface area (Å²) in [7, 11) is -0.647. The van der Waals surface area contributed by atoms with Gasteiger partial charge < -0.3 is 24.3 Å².